The largest absolute Gasteiger partial charge is 0.280 e. The van der Waals surface area contributed by atoms with Crippen LogP contribution in [0.15, 0.2) is 45.8 Å². The number of nitrogens with one attached hydrogen (secondary N) is 1. The van der Waals surface area contributed by atoms with Crippen molar-refractivity contribution in [3.63, 3.8) is 0 Å². The Kier molecular flexibility index (Phi) is 5.23. The molecule has 106 valence electrons. The van der Waals surface area contributed by atoms with Crippen LogP contribution < -0.4 is 4.72 Å². The van der Waals surface area contributed by atoms with Gasteiger partial charge >= 0.3 is 0 Å². The minimum atomic E-state index is -3.84. The summed E-state index contributed by atoms with van der Waals surface area (Å²) < 4.78 is 28.7. The normalized spacial score (nSPS) is 11.4. The molecule has 0 unspecified atom stereocenters. The van der Waals surface area contributed by atoms with Crippen LogP contribution in [0.3, 0.4) is 0 Å². The van der Waals surface area contributed by atoms with Gasteiger partial charge in [-0.25, -0.2) is 8.42 Å². The van der Waals surface area contributed by atoms with Gasteiger partial charge in [0.25, 0.3) is 10.0 Å². The Balaban J connectivity index is 2.43. The van der Waals surface area contributed by atoms with Gasteiger partial charge in [-0.3, -0.25) is 4.72 Å². The van der Waals surface area contributed by atoms with E-state index in [9.17, 15) is 8.42 Å². The third-order valence-corrected chi connectivity index (χ3v) is 5.81. The molecule has 0 saturated heterocycles. The quantitative estimate of drug-likeness (QED) is 0.584. The van der Waals surface area contributed by atoms with E-state index in [0.717, 1.165) is 3.57 Å². The summed E-state index contributed by atoms with van der Waals surface area (Å²) in [5.74, 6) is 0. The maximum atomic E-state index is 12.3. The highest BCUT2D eigenvalue weighted by Gasteiger charge is 2.22. The standard InChI is InChI=1S/C12H7BrCl2INO2S/c13-7-5-10(14)12(11(15)6-7)20(18,19)17-9-3-1-8(16)2-4-9/h1-6,17H. The molecule has 3 nitrogen and oxygen atoms in total. The van der Waals surface area contributed by atoms with E-state index in [4.69, 9.17) is 23.2 Å². The number of benzene rings is 2. The van der Waals surface area contributed by atoms with Crippen molar-refractivity contribution < 1.29 is 8.42 Å². The molecule has 0 aromatic heterocycles. The molecule has 0 amide bonds. The zero-order valence-electron chi connectivity index (χ0n) is 9.70. The van der Waals surface area contributed by atoms with Crippen molar-refractivity contribution in [3.05, 3.63) is 54.5 Å². The first-order chi connectivity index (χ1) is 9.29. The van der Waals surface area contributed by atoms with Crippen LogP contribution in [0.5, 0.6) is 0 Å². The molecule has 2 rings (SSSR count). The minimum absolute atomic E-state index is 0.0578. The van der Waals surface area contributed by atoms with E-state index >= 15 is 0 Å². The van der Waals surface area contributed by atoms with Crippen LogP contribution in [0.2, 0.25) is 10.0 Å². The molecule has 0 heterocycles. The lowest BCUT2D eigenvalue weighted by molar-refractivity contribution is 0.601. The number of rotatable bonds is 3. The molecule has 8 heteroatoms. The Labute approximate surface area is 149 Å². The van der Waals surface area contributed by atoms with E-state index in [2.05, 4.69) is 43.2 Å². The smallest absolute Gasteiger partial charge is 0.264 e. The average Bonchev–Trinajstić information content (AvgIpc) is 2.30. The highest BCUT2D eigenvalue weighted by Crippen LogP contribution is 2.33. The van der Waals surface area contributed by atoms with E-state index < -0.39 is 10.0 Å². The molecule has 2 aromatic rings. The average molecular weight is 507 g/mol. The predicted octanol–water partition coefficient (Wildman–Crippen LogP) is 5.16. The predicted molar refractivity (Wildman–Crippen MR) is 94.1 cm³/mol. The Hall–Kier alpha value is -0.0200. The molecular formula is C12H7BrCl2INO2S. The number of hydrogen-bond acceptors (Lipinski definition) is 2. The van der Waals surface area contributed by atoms with Crippen molar-refractivity contribution >= 4 is 77.4 Å². The molecule has 20 heavy (non-hydrogen) atoms. The first kappa shape index (κ1) is 16.4. The summed E-state index contributed by atoms with van der Waals surface area (Å²) >= 11 is 17.3. The molecule has 0 aliphatic rings. The number of hydrogen-bond donors (Lipinski definition) is 1. The molecule has 0 spiro atoms. The van der Waals surface area contributed by atoms with Gasteiger partial charge in [0, 0.05) is 13.7 Å². The second kappa shape index (κ2) is 6.39. The van der Waals surface area contributed by atoms with Crippen LogP contribution in [0.4, 0.5) is 5.69 Å². The maximum absolute atomic E-state index is 12.3. The van der Waals surface area contributed by atoms with Gasteiger partial charge in [0.15, 0.2) is 0 Å². The lowest BCUT2D eigenvalue weighted by Gasteiger charge is -2.11. The van der Waals surface area contributed by atoms with Crippen molar-refractivity contribution in [2.24, 2.45) is 0 Å². The summed E-state index contributed by atoms with van der Waals surface area (Å²) in [5, 5.41) is 0.116. The van der Waals surface area contributed by atoms with Gasteiger partial charge in [-0.2, -0.15) is 0 Å². The number of sulfonamides is 1. The molecule has 0 bridgehead atoms. The van der Waals surface area contributed by atoms with Crippen LogP contribution in [-0.2, 0) is 10.0 Å². The van der Waals surface area contributed by atoms with Crippen molar-refractivity contribution in [1.29, 1.82) is 0 Å². The Bertz CT molecular complexity index is 728. The minimum Gasteiger partial charge on any atom is -0.280 e. The number of anilines is 1. The zero-order valence-corrected chi connectivity index (χ0v) is 15.8. The van der Waals surface area contributed by atoms with E-state index in [0.29, 0.717) is 10.2 Å². The summed E-state index contributed by atoms with van der Waals surface area (Å²) in [6.45, 7) is 0. The molecule has 0 radical (unpaired) electrons. The van der Waals surface area contributed by atoms with Crippen LogP contribution >= 0.6 is 61.7 Å². The second-order valence-corrected chi connectivity index (χ2v) is 8.41. The van der Waals surface area contributed by atoms with Gasteiger partial charge in [0.05, 0.1) is 10.0 Å². The van der Waals surface area contributed by atoms with Gasteiger partial charge in [-0.05, 0) is 59.0 Å². The Morgan fingerprint density at radius 2 is 1.55 bits per heavy atom. The SMILES string of the molecule is O=S(=O)(Nc1ccc(I)cc1)c1c(Cl)cc(Br)cc1Cl. The highest BCUT2D eigenvalue weighted by molar-refractivity contribution is 14.1. The van der Waals surface area contributed by atoms with Gasteiger partial charge in [-0.15, -0.1) is 0 Å². The molecule has 1 N–H and O–H groups in total. The summed E-state index contributed by atoms with van der Waals surface area (Å²) in [5.41, 5.74) is 0.445. The first-order valence-electron chi connectivity index (χ1n) is 5.22. The summed E-state index contributed by atoms with van der Waals surface area (Å²) in [6, 6.07) is 9.89. The van der Waals surface area contributed by atoms with Gasteiger partial charge in [0.2, 0.25) is 0 Å². The maximum Gasteiger partial charge on any atom is 0.264 e. The topological polar surface area (TPSA) is 46.2 Å². The van der Waals surface area contributed by atoms with Crippen molar-refractivity contribution in [2.75, 3.05) is 4.72 Å². The van der Waals surface area contributed by atoms with E-state index in [1.165, 1.54) is 12.1 Å². The summed E-state index contributed by atoms with van der Waals surface area (Å²) in [4.78, 5) is -0.136. The van der Waals surface area contributed by atoms with Gasteiger partial charge in [-0.1, -0.05) is 39.1 Å². The molecule has 0 atom stereocenters. The second-order valence-electron chi connectivity index (χ2n) is 3.81. The van der Waals surface area contributed by atoms with E-state index in [-0.39, 0.29) is 14.9 Å². The lowest BCUT2D eigenvalue weighted by Crippen LogP contribution is -2.14. The monoisotopic (exact) mass is 505 g/mol. The molecular weight excluding hydrogens is 500 g/mol. The first-order valence-corrected chi connectivity index (χ1v) is 9.33. The number of halogens is 4. The fraction of sp³-hybridized carbons (Fsp3) is 0. The van der Waals surface area contributed by atoms with Crippen molar-refractivity contribution in [3.8, 4) is 0 Å². The van der Waals surface area contributed by atoms with E-state index in [1.54, 1.807) is 24.3 Å². The lowest BCUT2D eigenvalue weighted by atomic mass is 10.3. The fourth-order valence-corrected chi connectivity index (χ4v) is 4.87. The van der Waals surface area contributed by atoms with Gasteiger partial charge in [0.1, 0.15) is 4.90 Å². The van der Waals surface area contributed by atoms with Crippen LogP contribution in [0.25, 0.3) is 0 Å². The summed E-state index contributed by atoms with van der Waals surface area (Å²) in [6.07, 6.45) is 0. The molecule has 0 saturated carbocycles. The van der Waals surface area contributed by atoms with Crippen molar-refractivity contribution in [1.82, 2.24) is 0 Å². The van der Waals surface area contributed by atoms with Crippen LogP contribution in [0.1, 0.15) is 0 Å². The molecule has 0 aliphatic heterocycles. The zero-order chi connectivity index (χ0) is 14.9. The van der Waals surface area contributed by atoms with Crippen molar-refractivity contribution in [2.45, 2.75) is 4.90 Å². The van der Waals surface area contributed by atoms with Crippen LogP contribution in [0, 0.1) is 3.57 Å². The van der Waals surface area contributed by atoms with Gasteiger partial charge < -0.3 is 0 Å². The Morgan fingerprint density at radius 3 is 2.05 bits per heavy atom. The summed E-state index contributed by atoms with van der Waals surface area (Å²) in [7, 11) is -3.84. The van der Waals surface area contributed by atoms with Crippen LogP contribution in [-0.4, -0.2) is 8.42 Å². The van der Waals surface area contributed by atoms with E-state index in [1.807, 2.05) is 0 Å². The molecule has 2 aromatic carbocycles. The third-order valence-electron chi connectivity index (χ3n) is 2.33. The third kappa shape index (κ3) is 3.79. The molecule has 0 fully saturated rings. The fourth-order valence-electron chi connectivity index (χ4n) is 1.51. The Morgan fingerprint density at radius 1 is 1.05 bits per heavy atom. The molecule has 0 aliphatic carbocycles. The highest BCUT2D eigenvalue weighted by atomic mass is 127.